The van der Waals surface area contributed by atoms with E-state index in [1.165, 1.54) is 29.2 Å². The van der Waals surface area contributed by atoms with Gasteiger partial charge in [0.25, 0.3) is 5.91 Å². The second-order valence-corrected chi connectivity index (χ2v) is 9.55. The van der Waals surface area contributed by atoms with E-state index in [2.05, 4.69) is 4.72 Å². The molecule has 0 spiro atoms. The van der Waals surface area contributed by atoms with Crippen LogP contribution in [0.2, 0.25) is 0 Å². The molecular formula is C19H28N2O5S. The maximum Gasteiger partial charge on any atom is 0.306 e. The van der Waals surface area contributed by atoms with Crippen molar-refractivity contribution in [2.75, 3.05) is 13.6 Å². The van der Waals surface area contributed by atoms with Gasteiger partial charge >= 0.3 is 5.97 Å². The van der Waals surface area contributed by atoms with Crippen LogP contribution in [0.4, 0.5) is 0 Å². The number of sulfonamides is 1. The number of hydrogen-bond donors (Lipinski definition) is 1. The number of nitrogens with zero attached hydrogens (tertiary/aromatic N) is 1. The summed E-state index contributed by atoms with van der Waals surface area (Å²) in [4.78, 5) is 25.8. The molecule has 0 bridgehead atoms. The van der Waals surface area contributed by atoms with Crippen molar-refractivity contribution >= 4 is 21.9 Å². The summed E-state index contributed by atoms with van der Waals surface area (Å²) in [6.07, 6.45) is 2.46. The number of amides is 1. The Labute approximate surface area is 161 Å². The second-order valence-electron chi connectivity index (χ2n) is 7.84. The molecule has 0 radical (unpaired) electrons. The van der Waals surface area contributed by atoms with Crippen molar-refractivity contribution in [2.45, 2.75) is 63.0 Å². The van der Waals surface area contributed by atoms with Gasteiger partial charge in [0.1, 0.15) is 5.60 Å². The summed E-state index contributed by atoms with van der Waals surface area (Å²) in [5.74, 6) is -0.514. The van der Waals surface area contributed by atoms with E-state index in [1.54, 1.807) is 7.05 Å². The Bertz CT molecular complexity index is 777. The first kappa shape index (κ1) is 21.4. The minimum atomic E-state index is -3.52. The lowest BCUT2D eigenvalue weighted by Gasteiger charge is -2.20. The van der Waals surface area contributed by atoms with Crippen molar-refractivity contribution in [3.8, 4) is 0 Å². The van der Waals surface area contributed by atoms with Crippen molar-refractivity contribution in [1.82, 2.24) is 9.62 Å². The second kappa shape index (κ2) is 8.39. The minimum Gasteiger partial charge on any atom is -0.460 e. The number of carbonyl (C=O) groups is 2. The van der Waals surface area contributed by atoms with Gasteiger partial charge in [-0.25, -0.2) is 13.1 Å². The van der Waals surface area contributed by atoms with Gasteiger partial charge in [-0.3, -0.25) is 9.59 Å². The Morgan fingerprint density at radius 2 is 1.78 bits per heavy atom. The van der Waals surface area contributed by atoms with Crippen molar-refractivity contribution in [1.29, 1.82) is 0 Å². The molecule has 1 N–H and O–H groups in total. The molecule has 1 amide bonds. The van der Waals surface area contributed by atoms with Crippen LogP contribution in [0, 0.1) is 0 Å². The molecule has 7 nitrogen and oxygen atoms in total. The molecule has 1 aliphatic rings. The standard InChI is InChI=1S/C19H28N2O5S/c1-19(2,3)26-17(22)6-5-13-21(4)18(23)14-7-11-16(12-8-14)27(24,25)20-15-9-10-15/h7-8,11-12,15,20H,5-6,9-10,13H2,1-4H3. The highest BCUT2D eigenvalue weighted by Gasteiger charge is 2.28. The van der Waals surface area contributed by atoms with Gasteiger partial charge in [0, 0.05) is 31.6 Å². The fourth-order valence-corrected chi connectivity index (χ4v) is 3.75. The van der Waals surface area contributed by atoms with Gasteiger partial charge in [-0.15, -0.1) is 0 Å². The maximum atomic E-state index is 12.4. The van der Waals surface area contributed by atoms with E-state index in [0.29, 0.717) is 18.5 Å². The number of ether oxygens (including phenoxy) is 1. The largest absolute Gasteiger partial charge is 0.460 e. The molecule has 150 valence electrons. The summed E-state index contributed by atoms with van der Waals surface area (Å²) in [5.41, 5.74) is -0.116. The molecule has 0 saturated heterocycles. The van der Waals surface area contributed by atoms with E-state index in [0.717, 1.165) is 12.8 Å². The fourth-order valence-electron chi connectivity index (χ4n) is 2.44. The third-order valence-corrected chi connectivity index (χ3v) is 5.49. The summed E-state index contributed by atoms with van der Waals surface area (Å²) >= 11 is 0. The quantitative estimate of drug-likeness (QED) is 0.681. The highest BCUT2D eigenvalue weighted by molar-refractivity contribution is 7.89. The molecule has 1 fully saturated rings. The number of carbonyl (C=O) groups excluding carboxylic acids is 2. The van der Waals surface area contributed by atoms with Crippen LogP contribution in [0.3, 0.4) is 0 Å². The molecule has 1 saturated carbocycles. The number of hydrogen-bond acceptors (Lipinski definition) is 5. The van der Waals surface area contributed by atoms with Crippen LogP contribution in [-0.4, -0.2) is 50.4 Å². The molecule has 8 heteroatoms. The summed E-state index contributed by atoms with van der Waals surface area (Å²) in [6.45, 7) is 5.83. The van der Waals surface area contributed by atoms with Crippen LogP contribution in [0.5, 0.6) is 0 Å². The molecule has 0 unspecified atom stereocenters. The lowest BCUT2D eigenvalue weighted by atomic mass is 10.2. The van der Waals surface area contributed by atoms with Gasteiger partial charge in [0.15, 0.2) is 0 Å². The molecule has 1 aromatic carbocycles. The van der Waals surface area contributed by atoms with Gasteiger partial charge in [-0.2, -0.15) is 0 Å². The molecule has 1 aliphatic carbocycles. The van der Waals surface area contributed by atoms with Gasteiger partial charge in [0.05, 0.1) is 4.90 Å². The Balaban J connectivity index is 1.86. The lowest BCUT2D eigenvalue weighted by molar-refractivity contribution is -0.154. The molecule has 0 heterocycles. The smallest absolute Gasteiger partial charge is 0.306 e. The first-order valence-corrected chi connectivity index (χ1v) is 10.6. The predicted octanol–water partition coefficient (Wildman–Crippen LogP) is 2.32. The van der Waals surface area contributed by atoms with Crippen molar-refractivity contribution < 1.29 is 22.7 Å². The summed E-state index contributed by atoms with van der Waals surface area (Å²) in [7, 11) is -1.88. The average molecular weight is 397 g/mol. The monoisotopic (exact) mass is 396 g/mol. The first-order chi connectivity index (χ1) is 12.5. The maximum absolute atomic E-state index is 12.4. The van der Waals surface area contributed by atoms with Crippen molar-refractivity contribution in [3.63, 3.8) is 0 Å². The van der Waals surface area contributed by atoms with Crippen LogP contribution in [0.1, 0.15) is 56.8 Å². The third-order valence-electron chi connectivity index (χ3n) is 3.95. The minimum absolute atomic E-state index is 0.0346. The van der Waals surface area contributed by atoms with E-state index in [9.17, 15) is 18.0 Å². The van der Waals surface area contributed by atoms with Crippen LogP contribution in [-0.2, 0) is 19.6 Å². The third kappa shape index (κ3) is 6.95. The number of esters is 1. The summed E-state index contributed by atoms with van der Waals surface area (Å²) in [6, 6.07) is 5.92. The predicted molar refractivity (Wildman–Crippen MR) is 102 cm³/mol. The number of benzene rings is 1. The fraction of sp³-hybridized carbons (Fsp3) is 0.579. The molecule has 27 heavy (non-hydrogen) atoms. The SMILES string of the molecule is CN(CCCC(=O)OC(C)(C)C)C(=O)c1ccc(S(=O)(=O)NC2CC2)cc1. The van der Waals surface area contributed by atoms with E-state index in [1.807, 2.05) is 20.8 Å². The van der Waals surface area contributed by atoms with Crippen LogP contribution in [0.15, 0.2) is 29.2 Å². The molecule has 0 aliphatic heterocycles. The van der Waals surface area contributed by atoms with Crippen molar-refractivity contribution in [3.05, 3.63) is 29.8 Å². The zero-order valence-electron chi connectivity index (χ0n) is 16.3. The van der Waals surface area contributed by atoms with E-state index < -0.39 is 15.6 Å². The van der Waals surface area contributed by atoms with Crippen LogP contribution < -0.4 is 4.72 Å². The van der Waals surface area contributed by atoms with Crippen LogP contribution in [0.25, 0.3) is 0 Å². The number of rotatable bonds is 8. The van der Waals surface area contributed by atoms with Crippen molar-refractivity contribution in [2.24, 2.45) is 0 Å². The lowest BCUT2D eigenvalue weighted by Crippen LogP contribution is -2.29. The molecular weight excluding hydrogens is 368 g/mol. The van der Waals surface area contributed by atoms with E-state index in [-0.39, 0.29) is 29.2 Å². The Morgan fingerprint density at radius 1 is 1.19 bits per heavy atom. The van der Waals surface area contributed by atoms with E-state index >= 15 is 0 Å². The Morgan fingerprint density at radius 3 is 2.30 bits per heavy atom. The van der Waals surface area contributed by atoms with Crippen LogP contribution >= 0.6 is 0 Å². The normalized spacial score (nSPS) is 14.7. The Kier molecular flexibility index (Phi) is 6.64. The molecule has 2 rings (SSSR count). The zero-order valence-corrected chi connectivity index (χ0v) is 17.1. The van der Waals surface area contributed by atoms with Gasteiger partial charge in [-0.05, 0) is 64.3 Å². The van der Waals surface area contributed by atoms with Gasteiger partial charge in [-0.1, -0.05) is 0 Å². The molecule has 0 atom stereocenters. The highest BCUT2D eigenvalue weighted by Crippen LogP contribution is 2.22. The summed E-state index contributed by atoms with van der Waals surface area (Å²) in [5, 5.41) is 0. The zero-order chi connectivity index (χ0) is 20.2. The van der Waals surface area contributed by atoms with Gasteiger partial charge < -0.3 is 9.64 Å². The summed E-state index contributed by atoms with van der Waals surface area (Å²) < 4.78 is 32.1. The van der Waals surface area contributed by atoms with Gasteiger partial charge in [0.2, 0.25) is 10.0 Å². The first-order valence-electron chi connectivity index (χ1n) is 9.08. The highest BCUT2D eigenvalue weighted by atomic mass is 32.2. The Hall–Kier alpha value is -1.93. The average Bonchev–Trinajstić information content (AvgIpc) is 3.35. The molecule has 1 aromatic rings. The van der Waals surface area contributed by atoms with E-state index in [4.69, 9.17) is 4.74 Å². The topological polar surface area (TPSA) is 92.8 Å². The molecule has 0 aromatic heterocycles. The number of nitrogens with one attached hydrogen (secondary N) is 1.